The van der Waals surface area contributed by atoms with Crippen molar-refractivity contribution in [1.82, 2.24) is 5.32 Å². The van der Waals surface area contributed by atoms with E-state index in [-0.39, 0.29) is 18.8 Å². The number of carboxylic acids is 1. The molecule has 3 unspecified atom stereocenters. The summed E-state index contributed by atoms with van der Waals surface area (Å²) >= 11 is 0. The second kappa shape index (κ2) is 6.41. The summed E-state index contributed by atoms with van der Waals surface area (Å²) in [4.78, 5) is 12.0. The molecule has 5 heteroatoms. The van der Waals surface area contributed by atoms with E-state index in [0.29, 0.717) is 18.0 Å². The Morgan fingerprint density at radius 3 is 2.56 bits per heavy atom. The third kappa shape index (κ3) is 2.85. The molecule has 0 saturated carbocycles. The van der Waals surface area contributed by atoms with Crippen LogP contribution in [0.25, 0.3) is 0 Å². The molecule has 1 saturated heterocycles. The maximum atomic E-state index is 12.0. The van der Waals surface area contributed by atoms with Gasteiger partial charge in [0.25, 0.3) is 0 Å². The number of ether oxygens (including phenoxy) is 2. The second-order valence-corrected chi connectivity index (χ2v) is 6.56. The molecule has 0 radical (unpaired) electrons. The van der Waals surface area contributed by atoms with Gasteiger partial charge < -0.3 is 19.9 Å². The van der Waals surface area contributed by atoms with Crippen LogP contribution in [0.4, 0.5) is 0 Å². The van der Waals surface area contributed by atoms with E-state index < -0.39 is 11.9 Å². The summed E-state index contributed by atoms with van der Waals surface area (Å²) in [6, 6.07) is 13.7. The van der Waals surface area contributed by atoms with Crippen molar-refractivity contribution in [3.63, 3.8) is 0 Å². The molecule has 25 heavy (non-hydrogen) atoms. The van der Waals surface area contributed by atoms with Crippen molar-refractivity contribution in [2.24, 2.45) is 5.92 Å². The zero-order chi connectivity index (χ0) is 17.4. The number of aryl methyl sites for hydroxylation is 1. The van der Waals surface area contributed by atoms with Crippen LogP contribution in [0.3, 0.4) is 0 Å². The van der Waals surface area contributed by atoms with Crippen molar-refractivity contribution in [2.45, 2.75) is 25.3 Å². The molecule has 5 nitrogen and oxygen atoms in total. The van der Waals surface area contributed by atoms with Gasteiger partial charge in [-0.3, -0.25) is 4.79 Å². The van der Waals surface area contributed by atoms with Crippen LogP contribution in [0.5, 0.6) is 11.5 Å². The summed E-state index contributed by atoms with van der Waals surface area (Å²) in [5.41, 5.74) is 3.24. The van der Waals surface area contributed by atoms with Gasteiger partial charge in [0, 0.05) is 18.5 Å². The van der Waals surface area contributed by atoms with E-state index in [9.17, 15) is 9.90 Å². The van der Waals surface area contributed by atoms with E-state index in [2.05, 4.69) is 24.4 Å². The first-order valence-electron chi connectivity index (χ1n) is 8.62. The van der Waals surface area contributed by atoms with Gasteiger partial charge in [0.05, 0.1) is 5.92 Å². The summed E-state index contributed by atoms with van der Waals surface area (Å²) < 4.78 is 10.8. The zero-order valence-electron chi connectivity index (χ0n) is 14.1. The lowest BCUT2D eigenvalue weighted by Gasteiger charge is -2.21. The van der Waals surface area contributed by atoms with E-state index in [0.717, 1.165) is 17.5 Å². The Balaban J connectivity index is 1.64. The number of fused-ring (bicyclic) bond motifs is 1. The SMILES string of the molecule is CCc1ccc(C2NCC(c3ccc4c(c3)OCO4)C2C(=O)O)cc1. The molecule has 2 aromatic carbocycles. The normalized spacial score (nSPS) is 24.4. The van der Waals surface area contributed by atoms with Gasteiger partial charge >= 0.3 is 5.97 Å². The van der Waals surface area contributed by atoms with Gasteiger partial charge in [0.1, 0.15) is 0 Å². The Bertz CT molecular complexity index is 787. The molecule has 0 aliphatic carbocycles. The number of aliphatic carboxylic acids is 1. The molecule has 130 valence electrons. The minimum atomic E-state index is -0.780. The highest BCUT2D eigenvalue weighted by Gasteiger charge is 2.42. The first-order valence-corrected chi connectivity index (χ1v) is 8.62. The lowest BCUT2D eigenvalue weighted by molar-refractivity contribution is -0.142. The van der Waals surface area contributed by atoms with Crippen molar-refractivity contribution in [1.29, 1.82) is 0 Å². The zero-order valence-corrected chi connectivity index (χ0v) is 14.1. The van der Waals surface area contributed by atoms with Crippen LogP contribution in [0.2, 0.25) is 0 Å². The number of carbonyl (C=O) groups is 1. The minimum absolute atomic E-state index is 0.108. The maximum absolute atomic E-state index is 12.0. The van der Waals surface area contributed by atoms with E-state index in [4.69, 9.17) is 9.47 Å². The van der Waals surface area contributed by atoms with Gasteiger partial charge in [-0.05, 0) is 35.2 Å². The molecule has 0 bridgehead atoms. The maximum Gasteiger partial charge on any atom is 0.309 e. The molecule has 0 amide bonds. The molecule has 2 aliphatic rings. The van der Waals surface area contributed by atoms with Gasteiger partial charge in [-0.15, -0.1) is 0 Å². The van der Waals surface area contributed by atoms with Crippen molar-refractivity contribution >= 4 is 5.97 Å². The fourth-order valence-corrected chi connectivity index (χ4v) is 3.81. The van der Waals surface area contributed by atoms with E-state index >= 15 is 0 Å². The first kappa shape index (κ1) is 16.0. The minimum Gasteiger partial charge on any atom is -0.481 e. The van der Waals surface area contributed by atoms with Crippen LogP contribution in [-0.4, -0.2) is 24.4 Å². The Morgan fingerprint density at radius 1 is 1.12 bits per heavy atom. The highest BCUT2D eigenvalue weighted by Crippen LogP contribution is 2.43. The monoisotopic (exact) mass is 339 g/mol. The number of rotatable bonds is 4. The van der Waals surface area contributed by atoms with E-state index in [1.165, 1.54) is 5.56 Å². The molecule has 3 atom stereocenters. The van der Waals surface area contributed by atoms with Gasteiger partial charge in [-0.1, -0.05) is 37.3 Å². The molecule has 0 aromatic heterocycles. The average molecular weight is 339 g/mol. The fraction of sp³-hybridized carbons (Fsp3) is 0.350. The molecule has 1 fully saturated rings. The van der Waals surface area contributed by atoms with Crippen molar-refractivity contribution in [3.05, 3.63) is 59.2 Å². The summed E-state index contributed by atoms with van der Waals surface area (Å²) in [7, 11) is 0. The third-order valence-corrected chi connectivity index (χ3v) is 5.21. The van der Waals surface area contributed by atoms with Crippen LogP contribution >= 0.6 is 0 Å². The smallest absolute Gasteiger partial charge is 0.309 e. The predicted molar refractivity (Wildman–Crippen MR) is 93.0 cm³/mol. The second-order valence-electron chi connectivity index (χ2n) is 6.56. The standard InChI is InChI=1S/C20H21NO4/c1-2-12-3-5-13(6-4-12)19-18(20(22)23)15(10-21-19)14-7-8-16-17(9-14)25-11-24-16/h3-9,15,18-19,21H,2,10-11H2,1H3,(H,22,23). The summed E-state index contributed by atoms with van der Waals surface area (Å²) in [6.07, 6.45) is 0.973. The number of carboxylic acid groups (broad SMARTS) is 1. The van der Waals surface area contributed by atoms with E-state index in [1.54, 1.807) is 0 Å². The molecular formula is C20H21NO4. The van der Waals surface area contributed by atoms with Crippen molar-refractivity contribution < 1.29 is 19.4 Å². The predicted octanol–water partition coefficient (Wildman–Crippen LogP) is 3.11. The Labute approximate surface area is 146 Å². The summed E-state index contributed by atoms with van der Waals surface area (Å²) in [6.45, 7) is 2.95. The molecule has 0 spiro atoms. The lowest BCUT2D eigenvalue weighted by atomic mass is 9.82. The van der Waals surface area contributed by atoms with Crippen LogP contribution in [0.15, 0.2) is 42.5 Å². The van der Waals surface area contributed by atoms with Gasteiger partial charge in [-0.2, -0.15) is 0 Å². The number of hydrogen-bond donors (Lipinski definition) is 2. The lowest BCUT2D eigenvalue weighted by Crippen LogP contribution is -2.25. The fourth-order valence-electron chi connectivity index (χ4n) is 3.81. The number of nitrogens with one attached hydrogen (secondary N) is 1. The number of benzene rings is 2. The van der Waals surface area contributed by atoms with Crippen molar-refractivity contribution in [3.8, 4) is 11.5 Å². The van der Waals surface area contributed by atoms with Crippen LogP contribution in [-0.2, 0) is 11.2 Å². The van der Waals surface area contributed by atoms with Crippen LogP contribution in [0, 0.1) is 5.92 Å². The molecule has 2 aromatic rings. The summed E-state index contributed by atoms with van der Waals surface area (Å²) in [5.74, 6) is -0.00129. The first-order chi connectivity index (χ1) is 12.2. The highest BCUT2D eigenvalue weighted by atomic mass is 16.7. The third-order valence-electron chi connectivity index (χ3n) is 5.21. The van der Waals surface area contributed by atoms with E-state index in [1.807, 2.05) is 30.3 Å². The average Bonchev–Trinajstić information content (AvgIpc) is 3.27. The van der Waals surface area contributed by atoms with Gasteiger partial charge in [0.2, 0.25) is 6.79 Å². The topological polar surface area (TPSA) is 67.8 Å². The summed E-state index contributed by atoms with van der Waals surface area (Å²) in [5, 5.41) is 13.3. The Kier molecular flexibility index (Phi) is 4.09. The molecule has 2 N–H and O–H groups in total. The highest BCUT2D eigenvalue weighted by molar-refractivity contribution is 5.73. The Hall–Kier alpha value is -2.53. The molecule has 4 rings (SSSR count). The molecule has 2 heterocycles. The Morgan fingerprint density at radius 2 is 1.84 bits per heavy atom. The van der Waals surface area contributed by atoms with Crippen LogP contribution < -0.4 is 14.8 Å². The number of hydrogen-bond acceptors (Lipinski definition) is 4. The van der Waals surface area contributed by atoms with Gasteiger partial charge in [0.15, 0.2) is 11.5 Å². The van der Waals surface area contributed by atoms with Crippen LogP contribution in [0.1, 0.15) is 35.6 Å². The molecular weight excluding hydrogens is 318 g/mol. The van der Waals surface area contributed by atoms with Gasteiger partial charge in [-0.25, -0.2) is 0 Å². The van der Waals surface area contributed by atoms with Crippen molar-refractivity contribution in [2.75, 3.05) is 13.3 Å². The quantitative estimate of drug-likeness (QED) is 0.896. The largest absolute Gasteiger partial charge is 0.481 e. The molecule has 2 aliphatic heterocycles.